The Hall–Kier alpha value is -7.17. The minimum absolute atomic E-state index is 0.907. The van der Waals surface area contributed by atoms with E-state index in [1.165, 1.54) is 115 Å². The van der Waals surface area contributed by atoms with Crippen LogP contribution in [0.4, 0.5) is 0 Å². The minimum atomic E-state index is 0.907. The Morgan fingerprint density at radius 3 is 1.56 bits per heavy atom. The predicted octanol–water partition coefficient (Wildman–Crippen LogP) is 2.59. The highest BCUT2D eigenvalue weighted by molar-refractivity contribution is 6.69. The lowest BCUT2D eigenvalue weighted by Crippen LogP contribution is -2.48. The molecule has 0 amide bonds. The second kappa shape index (κ2) is 14.4. The van der Waals surface area contributed by atoms with Crippen LogP contribution in [0.2, 0.25) is 0 Å². The van der Waals surface area contributed by atoms with Gasteiger partial charge in [-0.25, -0.2) is 0 Å². The molecule has 3 aromatic heterocycles. The number of para-hydroxylation sites is 1. The molecular formula is C54H41B7N2O. The maximum absolute atomic E-state index is 6.51. The fourth-order valence-electron chi connectivity index (χ4n) is 11.1. The smallest absolute Gasteiger partial charge is 0.141 e. The first kappa shape index (κ1) is 38.5. The van der Waals surface area contributed by atoms with Crippen LogP contribution in [-0.4, -0.2) is 64.1 Å². The topological polar surface area (TPSA) is 23.0 Å². The van der Waals surface area contributed by atoms with Crippen LogP contribution >= 0.6 is 0 Å². The van der Waals surface area contributed by atoms with Crippen LogP contribution in [0.15, 0.2) is 168 Å². The van der Waals surface area contributed by atoms with Gasteiger partial charge in [-0.15, -0.1) is 5.46 Å². The van der Waals surface area contributed by atoms with Crippen molar-refractivity contribution < 1.29 is 4.42 Å². The van der Waals surface area contributed by atoms with E-state index in [0.717, 1.165) is 33.3 Å². The monoisotopic (exact) mass is 810 g/mol. The molecule has 0 N–H and O–H groups in total. The third-order valence-corrected chi connectivity index (χ3v) is 14.6. The Morgan fingerprint density at radius 2 is 0.859 bits per heavy atom. The maximum atomic E-state index is 6.51. The van der Waals surface area contributed by atoms with Crippen molar-refractivity contribution in [2.75, 3.05) is 0 Å². The number of rotatable bonds is 5. The number of hydrogen-bond acceptors (Lipinski definition) is 1. The summed E-state index contributed by atoms with van der Waals surface area (Å²) in [5.41, 5.74) is 25.7. The molecule has 9 aromatic carbocycles. The minimum Gasteiger partial charge on any atom is -0.456 e. The van der Waals surface area contributed by atoms with Gasteiger partial charge in [0.2, 0.25) is 0 Å². The summed E-state index contributed by atoms with van der Waals surface area (Å²) >= 11 is 0. The first-order chi connectivity index (χ1) is 31.2. The van der Waals surface area contributed by atoms with E-state index in [4.69, 9.17) is 4.42 Å². The van der Waals surface area contributed by atoms with Crippen molar-refractivity contribution in [3.63, 3.8) is 0 Å². The molecule has 12 rings (SSSR count). The Labute approximate surface area is 379 Å². The van der Waals surface area contributed by atoms with E-state index in [0.29, 0.717) is 0 Å². The second-order valence-electron chi connectivity index (χ2n) is 17.9. The molecule has 0 radical (unpaired) electrons. The van der Waals surface area contributed by atoms with E-state index in [-0.39, 0.29) is 0 Å². The van der Waals surface area contributed by atoms with E-state index in [9.17, 15) is 0 Å². The molecule has 10 heteroatoms. The lowest BCUT2D eigenvalue weighted by Gasteiger charge is -2.19. The molecule has 0 saturated carbocycles. The molecular weight excluding hydrogens is 768 g/mol. The van der Waals surface area contributed by atoms with E-state index in [1.807, 2.05) is 0 Å². The van der Waals surface area contributed by atoms with Gasteiger partial charge >= 0.3 is 0 Å². The third kappa shape index (κ3) is 5.51. The van der Waals surface area contributed by atoms with E-state index >= 15 is 0 Å². The largest absolute Gasteiger partial charge is 0.456 e. The van der Waals surface area contributed by atoms with Crippen LogP contribution in [0, 0.1) is 0 Å². The normalized spacial score (nSPS) is 11.9. The van der Waals surface area contributed by atoms with Gasteiger partial charge in [-0.1, -0.05) is 142 Å². The van der Waals surface area contributed by atoms with Crippen LogP contribution in [-0.2, 0) is 0 Å². The molecule has 12 aromatic rings. The number of furan rings is 1. The van der Waals surface area contributed by atoms with Gasteiger partial charge in [0, 0.05) is 38.3 Å². The molecule has 0 unspecified atom stereocenters. The summed E-state index contributed by atoms with van der Waals surface area (Å²) < 4.78 is 11.5. The highest BCUT2D eigenvalue weighted by Gasteiger charge is 2.27. The summed E-state index contributed by atoms with van der Waals surface area (Å²) in [4.78, 5) is 0. The quantitative estimate of drug-likeness (QED) is 0.246. The molecule has 64 heavy (non-hydrogen) atoms. The molecule has 294 valence electrons. The maximum Gasteiger partial charge on any atom is 0.141 e. The molecule has 0 aliphatic rings. The zero-order valence-electron chi connectivity index (χ0n) is 37.4. The average molecular weight is 810 g/mol. The van der Waals surface area contributed by atoms with Gasteiger partial charge in [-0.3, -0.25) is 0 Å². The molecule has 0 spiro atoms. The van der Waals surface area contributed by atoms with Gasteiger partial charge in [-0.2, -0.15) is 0 Å². The lowest BCUT2D eigenvalue weighted by molar-refractivity contribution is 0.669. The van der Waals surface area contributed by atoms with Gasteiger partial charge in [0.25, 0.3) is 0 Å². The van der Waals surface area contributed by atoms with Crippen LogP contribution in [0.1, 0.15) is 0 Å². The fourth-order valence-corrected chi connectivity index (χ4v) is 11.1. The summed E-state index contributed by atoms with van der Waals surface area (Å²) in [5.74, 6) is 0. The first-order valence-corrected chi connectivity index (χ1v) is 22.4. The van der Waals surface area contributed by atoms with E-state index in [1.54, 1.807) is 0 Å². The van der Waals surface area contributed by atoms with Gasteiger partial charge in [0.15, 0.2) is 0 Å². The number of nitrogens with zero attached hydrogens (tertiary/aromatic N) is 2. The third-order valence-electron chi connectivity index (χ3n) is 14.6. The van der Waals surface area contributed by atoms with Crippen molar-refractivity contribution in [1.29, 1.82) is 0 Å². The second-order valence-corrected chi connectivity index (χ2v) is 17.9. The van der Waals surface area contributed by atoms with Crippen molar-refractivity contribution in [1.82, 2.24) is 9.13 Å². The molecule has 0 aliphatic heterocycles. The van der Waals surface area contributed by atoms with Crippen molar-refractivity contribution in [2.24, 2.45) is 0 Å². The van der Waals surface area contributed by atoms with Crippen LogP contribution < -0.4 is 38.2 Å². The van der Waals surface area contributed by atoms with Crippen molar-refractivity contribution in [3.05, 3.63) is 164 Å². The molecule has 0 atom stereocenters. The highest BCUT2D eigenvalue weighted by Crippen LogP contribution is 2.40. The van der Waals surface area contributed by atoms with Crippen LogP contribution in [0.5, 0.6) is 0 Å². The Bertz CT molecular complexity index is 3930. The molecule has 0 fully saturated rings. The van der Waals surface area contributed by atoms with Crippen LogP contribution in [0.25, 0.3) is 110 Å². The SMILES string of the molecule is Bc1c(B)c(B)c2c(c1B)c1c(B)c(-c3ccc4c(c3)c3cc(-c5ccccc5)ccc3n4-c3cccc(-c4ccccc4)c3)c(B)c(B)c1n2-c1cccc2oc3ccccc3c12. The van der Waals surface area contributed by atoms with Crippen molar-refractivity contribution >= 4 is 159 Å². The van der Waals surface area contributed by atoms with E-state index in [2.05, 4.69) is 228 Å². The van der Waals surface area contributed by atoms with E-state index < -0.39 is 0 Å². The summed E-state index contributed by atoms with van der Waals surface area (Å²) in [6, 6.07) is 59.6. The van der Waals surface area contributed by atoms with Crippen molar-refractivity contribution in [3.8, 4) is 44.8 Å². The van der Waals surface area contributed by atoms with Gasteiger partial charge in [0.05, 0.1) is 22.1 Å². The van der Waals surface area contributed by atoms with Crippen molar-refractivity contribution in [2.45, 2.75) is 0 Å². The first-order valence-electron chi connectivity index (χ1n) is 22.4. The number of hydrogen-bond donors (Lipinski definition) is 0. The molecule has 3 nitrogen and oxygen atoms in total. The summed E-state index contributed by atoms with van der Waals surface area (Å²) in [5, 5.41) is 7.44. The summed E-state index contributed by atoms with van der Waals surface area (Å²) in [7, 11) is 16.3. The standard InChI is InChI=1S/C54H41B7N2O/c55-46-42(47(56)51(60)53-44(46)45-48(57)49(58)50(59)52(61)54(45)63(53)39-18-10-20-41-43(39)34-17-7-8-19-40(34)64-41)32-22-24-38-36(27-32)35-26-31(29-13-5-2-6-14-29)21-23-37(35)62(38)33-16-9-15-30(25-33)28-11-3-1-4-12-28/h1-27H,55-61H2. The zero-order valence-corrected chi connectivity index (χ0v) is 37.4. The van der Waals surface area contributed by atoms with Gasteiger partial charge < -0.3 is 13.6 Å². The van der Waals surface area contributed by atoms with Crippen LogP contribution in [0.3, 0.4) is 0 Å². The predicted molar refractivity (Wildman–Crippen MR) is 296 cm³/mol. The highest BCUT2D eigenvalue weighted by atomic mass is 16.3. The Balaban J connectivity index is 1.16. The summed E-state index contributed by atoms with van der Waals surface area (Å²) in [6.45, 7) is 0. The fraction of sp³-hybridized carbons (Fsp3) is 0. The average Bonchev–Trinajstić information content (AvgIpc) is 4.01. The number of aromatic nitrogens is 2. The Morgan fingerprint density at radius 1 is 0.328 bits per heavy atom. The van der Waals surface area contributed by atoms with Gasteiger partial charge in [0.1, 0.15) is 66.1 Å². The Kier molecular flexibility index (Phi) is 8.69. The summed E-state index contributed by atoms with van der Waals surface area (Å²) in [6.07, 6.45) is 0. The lowest BCUT2D eigenvalue weighted by atomic mass is 9.64. The number of fused-ring (bicyclic) bond motifs is 9. The zero-order chi connectivity index (χ0) is 43.5. The molecule has 0 aliphatic carbocycles. The number of benzene rings is 9. The van der Waals surface area contributed by atoms with Gasteiger partial charge in [-0.05, 0) is 93.4 Å². The molecule has 3 heterocycles. The molecule has 0 bridgehead atoms. The molecule has 0 saturated heterocycles.